The second-order valence-electron chi connectivity index (χ2n) is 5.05. The summed E-state index contributed by atoms with van der Waals surface area (Å²) in [6.45, 7) is 6.28. The summed E-state index contributed by atoms with van der Waals surface area (Å²) in [5.41, 5.74) is 4.59. The normalized spacial score (nSPS) is 12.6. The number of hydrogen-bond acceptors (Lipinski definition) is 4. The van der Waals surface area contributed by atoms with Crippen molar-refractivity contribution in [1.29, 1.82) is 0 Å². The smallest absolute Gasteiger partial charge is 0.0957 e. The van der Waals surface area contributed by atoms with Gasteiger partial charge >= 0.3 is 0 Å². The molecule has 1 atom stereocenters. The number of benzene rings is 1. The van der Waals surface area contributed by atoms with Crippen LogP contribution in [0.3, 0.4) is 0 Å². The van der Waals surface area contributed by atoms with Gasteiger partial charge in [-0.25, -0.2) is 0 Å². The Morgan fingerprint density at radius 2 is 1.89 bits per heavy atom. The molecule has 102 valence electrons. The molecule has 0 amide bonds. The average Bonchev–Trinajstić information content (AvgIpc) is 2.76. The molecule has 0 bridgehead atoms. The molecule has 19 heavy (non-hydrogen) atoms. The van der Waals surface area contributed by atoms with Crippen molar-refractivity contribution in [3.63, 3.8) is 0 Å². The highest BCUT2D eigenvalue weighted by atomic mass is 32.1. The van der Waals surface area contributed by atoms with E-state index in [2.05, 4.69) is 48.6 Å². The molecule has 1 unspecified atom stereocenters. The zero-order valence-electron chi connectivity index (χ0n) is 11.7. The van der Waals surface area contributed by atoms with Crippen molar-refractivity contribution in [2.45, 2.75) is 46.1 Å². The molecule has 4 heteroatoms. The molecule has 3 nitrogen and oxygen atoms in total. The molecular formula is C15H20N2OS. The van der Waals surface area contributed by atoms with Crippen molar-refractivity contribution < 1.29 is 5.11 Å². The van der Waals surface area contributed by atoms with Crippen molar-refractivity contribution >= 4 is 11.5 Å². The predicted molar refractivity (Wildman–Crippen MR) is 78.5 cm³/mol. The minimum absolute atomic E-state index is 0.497. The van der Waals surface area contributed by atoms with E-state index in [0.29, 0.717) is 6.42 Å². The number of aliphatic hydroxyl groups excluding tert-OH is 1. The first-order chi connectivity index (χ1) is 9.10. The van der Waals surface area contributed by atoms with Crippen molar-refractivity contribution in [2.75, 3.05) is 0 Å². The summed E-state index contributed by atoms with van der Waals surface area (Å²) in [6, 6.07) is 6.40. The van der Waals surface area contributed by atoms with Gasteiger partial charge in [-0.3, -0.25) is 0 Å². The fraction of sp³-hybridized carbons (Fsp3) is 0.467. The van der Waals surface area contributed by atoms with Crippen LogP contribution in [-0.4, -0.2) is 14.7 Å². The maximum absolute atomic E-state index is 10.4. The van der Waals surface area contributed by atoms with Crippen LogP contribution in [-0.2, 0) is 12.8 Å². The van der Waals surface area contributed by atoms with E-state index in [1.165, 1.54) is 28.2 Å². The fourth-order valence-corrected chi connectivity index (χ4v) is 3.06. The molecular weight excluding hydrogens is 256 g/mol. The molecule has 1 N–H and O–H groups in total. The zero-order chi connectivity index (χ0) is 13.8. The van der Waals surface area contributed by atoms with Crippen LogP contribution in [0.15, 0.2) is 18.2 Å². The lowest BCUT2D eigenvalue weighted by Crippen LogP contribution is -2.03. The standard InChI is InChI=1S/C15H20N2OS/c1-4-5-13-15(19-17-16-13)14(18)9-12-7-10(2)6-11(3)8-12/h6-8,14,18H,4-5,9H2,1-3H3. The van der Waals surface area contributed by atoms with E-state index in [1.807, 2.05) is 0 Å². The molecule has 0 saturated carbocycles. The van der Waals surface area contributed by atoms with Crippen LogP contribution in [0.4, 0.5) is 0 Å². The van der Waals surface area contributed by atoms with Gasteiger partial charge in [0.15, 0.2) is 0 Å². The van der Waals surface area contributed by atoms with Gasteiger partial charge in [0.1, 0.15) is 0 Å². The Morgan fingerprint density at radius 3 is 2.53 bits per heavy atom. The third kappa shape index (κ3) is 3.61. The van der Waals surface area contributed by atoms with Crippen LogP contribution in [0.25, 0.3) is 0 Å². The summed E-state index contributed by atoms with van der Waals surface area (Å²) in [5, 5.41) is 14.5. The Labute approximate surface area is 118 Å². The molecule has 0 radical (unpaired) electrons. The van der Waals surface area contributed by atoms with E-state index in [0.717, 1.165) is 23.4 Å². The lowest BCUT2D eigenvalue weighted by atomic mass is 10.0. The molecule has 0 spiro atoms. The molecule has 1 aromatic carbocycles. The number of nitrogens with zero attached hydrogens (tertiary/aromatic N) is 2. The van der Waals surface area contributed by atoms with Crippen LogP contribution in [0.2, 0.25) is 0 Å². The summed E-state index contributed by atoms with van der Waals surface area (Å²) in [5.74, 6) is 0. The molecule has 2 rings (SSSR count). The van der Waals surface area contributed by atoms with Crippen molar-refractivity contribution in [3.8, 4) is 0 Å². The first-order valence-corrected chi connectivity index (χ1v) is 7.44. The van der Waals surface area contributed by atoms with Gasteiger partial charge in [-0.15, -0.1) is 5.10 Å². The van der Waals surface area contributed by atoms with Crippen molar-refractivity contribution in [3.05, 3.63) is 45.5 Å². The third-order valence-corrected chi connectivity index (χ3v) is 3.95. The largest absolute Gasteiger partial charge is 0.387 e. The Hall–Kier alpha value is -1.26. The molecule has 2 aromatic rings. The molecule has 0 saturated heterocycles. The number of hydrogen-bond donors (Lipinski definition) is 1. The van der Waals surface area contributed by atoms with Crippen LogP contribution >= 0.6 is 11.5 Å². The molecule has 0 aliphatic rings. The molecule has 0 fully saturated rings. The van der Waals surface area contributed by atoms with Gasteiger partial charge in [-0.1, -0.05) is 47.2 Å². The topological polar surface area (TPSA) is 46.0 Å². The van der Waals surface area contributed by atoms with Gasteiger partial charge in [-0.05, 0) is 37.4 Å². The predicted octanol–water partition coefficient (Wildman–Crippen LogP) is 3.38. The quantitative estimate of drug-likeness (QED) is 0.910. The van der Waals surface area contributed by atoms with Crippen molar-refractivity contribution in [1.82, 2.24) is 9.59 Å². The van der Waals surface area contributed by atoms with E-state index in [-0.39, 0.29) is 0 Å². The minimum Gasteiger partial charge on any atom is -0.387 e. The number of aryl methyl sites for hydroxylation is 3. The Bertz CT molecular complexity index is 531. The van der Waals surface area contributed by atoms with E-state index >= 15 is 0 Å². The van der Waals surface area contributed by atoms with Crippen LogP contribution < -0.4 is 0 Å². The average molecular weight is 276 g/mol. The molecule has 0 aliphatic heterocycles. The SMILES string of the molecule is CCCc1nnsc1C(O)Cc1cc(C)cc(C)c1. The second-order valence-corrected chi connectivity index (χ2v) is 5.84. The maximum atomic E-state index is 10.4. The van der Waals surface area contributed by atoms with E-state index in [4.69, 9.17) is 0 Å². The number of rotatable bonds is 5. The van der Waals surface area contributed by atoms with Crippen LogP contribution in [0.1, 0.15) is 46.7 Å². The summed E-state index contributed by atoms with van der Waals surface area (Å²) in [4.78, 5) is 0.918. The first-order valence-electron chi connectivity index (χ1n) is 6.66. The van der Waals surface area contributed by atoms with E-state index < -0.39 is 6.10 Å². The van der Waals surface area contributed by atoms with Gasteiger partial charge in [0.25, 0.3) is 0 Å². The van der Waals surface area contributed by atoms with Crippen LogP contribution in [0, 0.1) is 13.8 Å². The lowest BCUT2D eigenvalue weighted by molar-refractivity contribution is 0.181. The second kappa shape index (κ2) is 6.26. The summed E-state index contributed by atoms with van der Waals surface area (Å²) >= 11 is 1.31. The highest BCUT2D eigenvalue weighted by Crippen LogP contribution is 2.25. The van der Waals surface area contributed by atoms with Gasteiger partial charge < -0.3 is 5.11 Å². The van der Waals surface area contributed by atoms with Crippen molar-refractivity contribution in [2.24, 2.45) is 0 Å². The first kappa shape index (κ1) is 14.2. The summed E-state index contributed by atoms with van der Waals surface area (Å²) in [7, 11) is 0. The molecule has 0 aliphatic carbocycles. The van der Waals surface area contributed by atoms with E-state index in [9.17, 15) is 5.11 Å². The third-order valence-electron chi connectivity index (χ3n) is 3.09. The highest BCUT2D eigenvalue weighted by molar-refractivity contribution is 7.05. The minimum atomic E-state index is -0.497. The van der Waals surface area contributed by atoms with Gasteiger partial charge in [-0.2, -0.15) is 0 Å². The van der Waals surface area contributed by atoms with Crippen LogP contribution in [0.5, 0.6) is 0 Å². The summed E-state index contributed by atoms with van der Waals surface area (Å²) < 4.78 is 3.97. The zero-order valence-corrected chi connectivity index (χ0v) is 12.5. The highest BCUT2D eigenvalue weighted by Gasteiger charge is 2.17. The van der Waals surface area contributed by atoms with E-state index in [1.54, 1.807) is 0 Å². The fourth-order valence-electron chi connectivity index (χ4n) is 2.38. The monoisotopic (exact) mass is 276 g/mol. The Balaban J connectivity index is 2.15. The Morgan fingerprint density at radius 1 is 1.21 bits per heavy atom. The number of aliphatic hydroxyl groups is 1. The molecule has 1 aromatic heterocycles. The Kier molecular flexibility index (Phi) is 4.66. The number of aromatic nitrogens is 2. The van der Waals surface area contributed by atoms with Gasteiger partial charge in [0.2, 0.25) is 0 Å². The lowest BCUT2D eigenvalue weighted by Gasteiger charge is -2.11. The van der Waals surface area contributed by atoms with Gasteiger partial charge in [0.05, 0.1) is 16.7 Å². The van der Waals surface area contributed by atoms with Gasteiger partial charge in [0, 0.05) is 6.42 Å². The molecule has 1 heterocycles. The summed E-state index contributed by atoms with van der Waals surface area (Å²) in [6.07, 6.45) is 2.04. The maximum Gasteiger partial charge on any atom is 0.0957 e.